The van der Waals surface area contributed by atoms with E-state index in [2.05, 4.69) is 3.87 Å². The lowest BCUT2D eigenvalue weighted by Gasteiger charge is -2.35. The Morgan fingerprint density at radius 3 is 1.82 bits per heavy atom. The Morgan fingerprint density at radius 1 is 0.818 bits per heavy atom. The standard InChI is InChI=1S/C16H26O2.C7H15F3O3SSi/c17-15-11-8-6-4-2-1-3-5-7-9-12-16(18)14-10-13-15;1-6(2,3)15(4,5)13-14(11,12)7(8,9)10/h8,11H,1-7,9-10,12-14H2;1-5H3. The zero-order chi connectivity index (χ0) is 25.8. The van der Waals surface area contributed by atoms with Gasteiger partial charge < -0.3 is 3.87 Å². The summed E-state index contributed by atoms with van der Waals surface area (Å²) in [6.45, 7) is 7.86. The fourth-order valence-electron chi connectivity index (χ4n) is 2.80. The molecule has 0 amide bonds. The number of hydrogen-bond acceptors (Lipinski definition) is 5. The van der Waals surface area contributed by atoms with E-state index < -0.39 is 29.0 Å². The normalized spacial score (nSPS) is 19.0. The highest BCUT2D eigenvalue weighted by Gasteiger charge is 2.52. The third kappa shape index (κ3) is 14.1. The first-order valence-electron chi connectivity index (χ1n) is 11.7. The van der Waals surface area contributed by atoms with Crippen LogP contribution in [0, 0.1) is 0 Å². The van der Waals surface area contributed by atoms with Crippen molar-refractivity contribution in [3.63, 3.8) is 0 Å². The van der Waals surface area contributed by atoms with Gasteiger partial charge in [0, 0.05) is 19.3 Å². The molecule has 0 radical (unpaired) electrons. The molecule has 0 fully saturated rings. The fourth-order valence-corrected chi connectivity index (χ4v) is 6.37. The van der Waals surface area contributed by atoms with Gasteiger partial charge in [0.2, 0.25) is 8.32 Å². The molecule has 10 heteroatoms. The average molecular weight is 515 g/mol. The quantitative estimate of drug-likeness (QED) is 0.287. The SMILES string of the molecule is CC(C)(C)[Si](C)(C)OS(=O)(=O)C(F)(F)F.O=C1C=CCCCCCCCCCC(=O)CCC1. The van der Waals surface area contributed by atoms with E-state index in [-0.39, 0.29) is 5.78 Å². The van der Waals surface area contributed by atoms with Gasteiger partial charge in [-0.25, -0.2) is 0 Å². The van der Waals surface area contributed by atoms with Crippen molar-refractivity contribution in [1.29, 1.82) is 0 Å². The van der Waals surface area contributed by atoms with Crippen molar-refractivity contribution in [2.45, 2.75) is 121 Å². The molecule has 0 atom stereocenters. The van der Waals surface area contributed by atoms with Gasteiger partial charge >= 0.3 is 15.6 Å². The van der Waals surface area contributed by atoms with Crippen LogP contribution in [0.2, 0.25) is 18.1 Å². The largest absolute Gasteiger partial charge is 0.522 e. The van der Waals surface area contributed by atoms with Gasteiger partial charge in [-0.1, -0.05) is 59.0 Å². The molecule has 0 saturated heterocycles. The number of Topliss-reactive ketones (excluding diaryl/α,β-unsaturated/α-hetero) is 1. The molecule has 0 aromatic carbocycles. The molecule has 0 saturated carbocycles. The van der Waals surface area contributed by atoms with E-state index in [1.165, 1.54) is 51.6 Å². The molecule has 1 rings (SSSR count). The highest BCUT2D eigenvalue weighted by atomic mass is 32.2. The molecule has 0 aliphatic heterocycles. The first kappa shape index (κ1) is 32.0. The van der Waals surface area contributed by atoms with Gasteiger partial charge in [-0.3, -0.25) is 9.59 Å². The molecule has 0 heterocycles. The molecule has 0 bridgehead atoms. The van der Waals surface area contributed by atoms with E-state index in [0.717, 1.165) is 19.3 Å². The summed E-state index contributed by atoms with van der Waals surface area (Å²) in [4.78, 5) is 23.0. The molecule has 0 spiro atoms. The molecule has 0 N–H and O–H groups in total. The van der Waals surface area contributed by atoms with Gasteiger partial charge in [-0.2, -0.15) is 21.6 Å². The van der Waals surface area contributed by atoms with Gasteiger partial charge in [0.25, 0.3) is 0 Å². The summed E-state index contributed by atoms with van der Waals surface area (Å²) in [7, 11) is -8.43. The second-order valence-corrected chi connectivity index (χ2v) is 16.6. The van der Waals surface area contributed by atoms with Crippen molar-refractivity contribution >= 4 is 30.0 Å². The molecule has 1 aliphatic carbocycles. The Morgan fingerprint density at radius 2 is 1.30 bits per heavy atom. The van der Waals surface area contributed by atoms with E-state index in [9.17, 15) is 31.2 Å². The molecule has 0 aromatic rings. The zero-order valence-electron chi connectivity index (χ0n) is 20.7. The van der Waals surface area contributed by atoms with Crippen LogP contribution in [-0.2, 0) is 23.6 Å². The number of ketones is 2. The lowest BCUT2D eigenvalue weighted by molar-refractivity contribution is -0.119. The maximum atomic E-state index is 12.1. The molecule has 1 aliphatic rings. The van der Waals surface area contributed by atoms with Gasteiger partial charge in [-0.05, 0) is 49.9 Å². The van der Waals surface area contributed by atoms with E-state index in [0.29, 0.717) is 25.0 Å². The zero-order valence-corrected chi connectivity index (χ0v) is 22.5. The number of carbonyl (C=O) groups excluding carboxylic acids is 2. The Bertz CT molecular complexity index is 738. The summed E-state index contributed by atoms with van der Waals surface area (Å²) in [6, 6.07) is 0. The number of rotatable bonds is 2. The van der Waals surface area contributed by atoms with Gasteiger partial charge in [0.15, 0.2) is 5.78 Å². The minimum absolute atomic E-state index is 0.176. The summed E-state index contributed by atoms with van der Waals surface area (Å²) < 4.78 is 62.1. The highest BCUT2D eigenvalue weighted by Crippen LogP contribution is 2.40. The maximum Gasteiger partial charge on any atom is 0.522 e. The number of halogens is 3. The summed E-state index contributed by atoms with van der Waals surface area (Å²) in [6.07, 6.45) is 15.8. The lowest BCUT2D eigenvalue weighted by Crippen LogP contribution is -2.45. The first-order valence-corrected chi connectivity index (χ1v) is 16.0. The Hall–Kier alpha value is -1.00. The van der Waals surface area contributed by atoms with E-state index >= 15 is 0 Å². The van der Waals surface area contributed by atoms with Crippen molar-refractivity contribution < 1.29 is 35.1 Å². The fraction of sp³-hybridized carbons (Fsp3) is 0.826. The van der Waals surface area contributed by atoms with Crippen LogP contribution < -0.4 is 0 Å². The summed E-state index contributed by atoms with van der Waals surface area (Å²) in [5.74, 6) is 0.508. The molecule has 5 nitrogen and oxygen atoms in total. The lowest BCUT2D eigenvalue weighted by atomic mass is 10.0. The monoisotopic (exact) mass is 514 g/mol. The second kappa shape index (κ2) is 14.4. The summed E-state index contributed by atoms with van der Waals surface area (Å²) in [5, 5.41) is -0.592. The van der Waals surface area contributed by atoms with Crippen LogP contribution in [0.3, 0.4) is 0 Å². The van der Waals surface area contributed by atoms with E-state index in [1.54, 1.807) is 26.8 Å². The predicted octanol–water partition coefficient (Wildman–Crippen LogP) is 7.23. The number of hydrogen-bond donors (Lipinski definition) is 0. The van der Waals surface area contributed by atoms with Crippen molar-refractivity contribution in [1.82, 2.24) is 0 Å². The molecule has 0 aromatic heterocycles. The van der Waals surface area contributed by atoms with Gasteiger partial charge in [-0.15, -0.1) is 0 Å². The molecule has 194 valence electrons. The average Bonchev–Trinajstić information content (AvgIpc) is 2.63. The van der Waals surface area contributed by atoms with Gasteiger partial charge in [0.1, 0.15) is 5.78 Å². The topological polar surface area (TPSA) is 77.5 Å². The summed E-state index contributed by atoms with van der Waals surface area (Å²) >= 11 is 0. The maximum absolute atomic E-state index is 12.1. The van der Waals surface area contributed by atoms with Crippen LogP contribution in [0.15, 0.2) is 12.2 Å². The molecular weight excluding hydrogens is 473 g/mol. The molecular formula is C23H41F3O5SSi. The van der Waals surface area contributed by atoms with Crippen LogP contribution >= 0.6 is 0 Å². The summed E-state index contributed by atoms with van der Waals surface area (Å²) in [5.41, 5.74) is -5.34. The van der Waals surface area contributed by atoms with Gasteiger partial charge in [0.05, 0.1) is 0 Å². The highest BCUT2D eigenvalue weighted by molar-refractivity contribution is 7.88. The predicted molar refractivity (Wildman–Crippen MR) is 128 cm³/mol. The Balaban J connectivity index is 0.000000633. The van der Waals surface area contributed by atoms with Crippen LogP contribution in [0.25, 0.3) is 0 Å². The number of allylic oxidation sites excluding steroid dienone is 2. The van der Waals surface area contributed by atoms with Crippen LogP contribution in [0.4, 0.5) is 13.2 Å². The minimum Gasteiger partial charge on any atom is -0.308 e. The van der Waals surface area contributed by atoms with Crippen LogP contribution in [-0.4, -0.2) is 33.8 Å². The van der Waals surface area contributed by atoms with Crippen molar-refractivity contribution in [3.05, 3.63) is 12.2 Å². The minimum atomic E-state index is -5.48. The van der Waals surface area contributed by atoms with Crippen molar-refractivity contribution in [2.75, 3.05) is 0 Å². The Labute approximate surface area is 198 Å². The van der Waals surface area contributed by atoms with Crippen molar-refractivity contribution in [2.24, 2.45) is 0 Å². The third-order valence-corrected chi connectivity index (χ3v) is 12.6. The van der Waals surface area contributed by atoms with Crippen LogP contribution in [0.5, 0.6) is 0 Å². The van der Waals surface area contributed by atoms with Crippen LogP contribution in [0.1, 0.15) is 97.8 Å². The number of carbonyl (C=O) groups is 2. The third-order valence-electron chi connectivity index (χ3n) is 5.92. The Kier molecular flexibility index (Phi) is 14.0. The smallest absolute Gasteiger partial charge is 0.308 e. The first-order chi connectivity index (χ1) is 15.0. The van der Waals surface area contributed by atoms with E-state index in [4.69, 9.17) is 0 Å². The molecule has 33 heavy (non-hydrogen) atoms. The second-order valence-electron chi connectivity index (χ2n) is 10.0. The molecule has 0 unspecified atom stereocenters. The van der Waals surface area contributed by atoms with E-state index in [1.807, 2.05) is 6.08 Å². The van der Waals surface area contributed by atoms with Crippen molar-refractivity contribution in [3.8, 4) is 0 Å². The number of alkyl halides is 3.